The number of aromatic hydroxyl groups is 1. The van der Waals surface area contributed by atoms with Crippen molar-refractivity contribution in [3.63, 3.8) is 0 Å². The van der Waals surface area contributed by atoms with E-state index < -0.39 is 39.3 Å². The van der Waals surface area contributed by atoms with Gasteiger partial charge in [-0.2, -0.15) is 18.3 Å². The van der Waals surface area contributed by atoms with Gasteiger partial charge in [0, 0.05) is 11.9 Å². The molecule has 1 heterocycles. The van der Waals surface area contributed by atoms with Gasteiger partial charge in [-0.25, -0.2) is 17.9 Å². The first kappa shape index (κ1) is 26.1. The summed E-state index contributed by atoms with van der Waals surface area (Å²) in [6.45, 7) is -0.433. The predicted molar refractivity (Wildman–Crippen MR) is 128 cm³/mol. The fourth-order valence-electron chi connectivity index (χ4n) is 3.35. The monoisotopic (exact) mass is 552 g/mol. The lowest BCUT2D eigenvalue weighted by Gasteiger charge is -2.12. The van der Waals surface area contributed by atoms with E-state index in [-0.39, 0.29) is 38.7 Å². The Morgan fingerprint density at radius 3 is 2.38 bits per heavy atom. The van der Waals surface area contributed by atoms with Gasteiger partial charge in [0.2, 0.25) is 15.9 Å². The third-order valence-electron chi connectivity index (χ3n) is 5.22. The fourth-order valence-corrected chi connectivity index (χ4v) is 4.62. The van der Waals surface area contributed by atoms with Crippen LogP contribution in [0.5, 0.6) is 5.88 Å². The number of hydrogen-bond acceptors (Lipinski definition) is 6. The van der Waals surface area contributed by atoms with Gasteiger partial charge in [-0.05, 0) is 60.2 Å². The van der Waals surface area contributed by atoms with Crippen molar-refractivity contribution in [2.45, 2.75) is 17.6 Å². The molecular formula is C23H16ClF3N4O5S. The van der Waals surface area contributed by atoms with Gasteiger partial charge in [-0.15, -0.1) is 5.11 Å². The van der Waals surface area contributed by atoms with Crippen LogP contribution in [0.15, 0.2) is 75.8 Å². The van der Waals surface area contributed by atoms with Gasteiger partial charge in [-0.3, -0.25) is 0 Å². The highest BCUT2D eigenvalue weighted by atomic mass is 35.5. The molecule has 4 aromatic rings. The lowest BCUT2D eigenvalue weighted by Crippen LogP contribution is -2.23. The highest BCUT2D eigenvalue weighted by molar-refractivity contribution is 7.89. The molecule has 0 amide bonds. The molecule has 4 rings (SSSR count). The second kappa shape index (κ2) is 9.84. The summed E-state index contributed by atoms with van der Waals surface area (Å²) in [5, 5.41) is 26.8. The van der Waals surface area contributed by atoms with E-state index in [1.165, 1.54) is 48.5 Å². The summed E-state index contributed by atoms with van der Waals surface area (Å²) in [5.41, 5.74) is -0.428. The number of carboxylic acids is 1. The number of nitrogens with one attached hydrogen (secondary N) is 2. The lowest BCUT2D eigenvalue weighted by molar-refractivity contribution is -0.137. The summed E-state index contributed by atoms with van der Waals surface area (Å²) < 4.78 is 67.2. The molecule has 0 bridgehead atoms. The van der Waals surface area contributed by atoms with E-state index in [9.17, 15) is 31.5 Å². The van der Waals surface area contributed by atoms with E-state index in [4.69, 9.17) is 16.7 Å². The Morgan fingerprint density at radius 1 is 1.03 bits per heavy atom. The number of aromatic amines is 1. The summed E-state index contributed by atoms with van der Waals surface area (Å²) in [5.74, 6) is -1.50. The van der Waals surface area contributed by atoms with Crippen molar-refractivity contribution >= 4 is 49.9 Å². The minimum atomic E-state index is -4.70. The molecule has 0 saturated carbocycles. The Balaban J connectivity index is 1.59. The quantitative estimate of drug-likeness (QED) is 0.204. The summed E-state index contributed by atoms with van der Waals surface area (Å²) in [7, 11) is -4.18. The number of nitrogens with zero attached hydrogens (tertiary/aromatic N) is 2. The van der Waals surface area contributed by atoms with E-state index in [0.717, 1.165) is 12.1 Å². The average Bonchev–Trinajstić information content (AvgIpc) is 3.15. The zero-order valence-electron chi connectivity index (χ0n) is 18.4. The number of halogens is 4. The Hall–Kier alpha value is -3.94. The van der Waals surface area contributed by atoms with Crippen LogP contribution in [-0.4, -0.2) is 29.6 Å². The first-order valence-corrected chi connectivity index (χ1v) is 12.2. The van der Waals surface area contributed by atoms with Gasteiger partial charge >= 0.3 is 12.1 Å². The average molecular weight is 553 g/mol. The molecule has 4 N–H and O–H groups in total. The molecule has 0 aliphatic heterocycles. The molecule has 0 spiro atoms. The minimum Gasteiger partial charge on any atom is -0.493 e. The number of fused-ring (bicyclic) bond motifs is 1. The molecule has 37 heavy (non-hydrogen) atoms. The lowest BCUT2D eigenvalue weighted by atomic mass is 10.1. The van der Waals surface area contributed by atoms with Crippen LogP contribution in [0.25, 0.3) is 10.9 Å². The number of alkyl halides is 3. The van der Waals surface area contributed by atoms with Crippen molar-refractivity contribution in [3.05, 3.63) is 82.4 Å². The Morgan fingerprint density at radius 2 is 1.73 bits per heavy atom. The number of aromatic nitrogens is 1. The highest BCUT2D eigenvalue weighted by Crippen LogP contribution is 2.38. The molecular weight excluding hydrogens is 537 g/mol. The molecule has 3 aromatic carbocycles. The zero-order valence-corrected chi connectivity index (χ0v) is 20.0. The van der Waals surface area contributed by atoms with Crippen LogP contribution in [0, 0.1) is 0 Å². The number of carbonyl (C=O) groups is 1. The Bertz CT molecular complexity index is 1630. The highest BCUT2D eigenvalue weighted by Gasteiger charge is 2.33. The Labute approximate surface area is 212 Å². The number of aromatic carboxylic acids is 1. The molecule has 0 aliphatic rings. The van der Waals surface area contributed by atoms with Crippen LogP contribution in [0.4, 0.5) is 24.5 Å². The molecule has 0 fully saturated rings. The maximum absolute atomic E-state index is 13.1. The molecule has 0 aliphatic carbocycles. The van der Waals surface area contributed by atoms with Crippen LogP contribution in [-0.2, 0) is 22.7 Å². The number of rotatable bonds is 7. The van der Waals surface area contributed by atoms with Crippen molar-refractivity contribution in [1.29, 1.82) is 0 Å². The smallest absolute Gasteiger partial charge is 0.417 e. The number of azo groups is 1. The zero-order chi connectivity index (χ0) is 27.0. The third kappa shape index (κ3) is 5.74. The van der Waals surface area contributed by atoms with Crippen molar-refractivity contribution < 1.29 is 36.6 Å². The normalized spacial score (nSPS) is 12.4. The predicted octanol–water partition coefficient (Wildman–Crippen LogP) is 6.14. The van der Waals surface area contributed by atoms with Crippen molar-refractivity contribution in [2.75, 3.05) is 0 Å². The molecule has 14 heteroatoms. The first-order chi connectivity index (χ1) is 17.3. The van der Waals surface area contributed by atoms with Gasteiger partial charge in [0.1, 0.15) is 0 Å². The van der Waals surface area contributed by atoms with E-state index in [1.807, 2.05) is 0 Å². The van der Waals surface area contributed by atoms with Crippen LogP contribution in [0.3, 0.4) is 0 Å². The second-order valence-electron chi connectivity index (χ2n) is 7.72. The van der Waals surface area contributed by atoms with Gasteiger partial charge < -0.3 is 15.2 Å². The molecule has 0 unspecified atom stereocenters. The maximum atomic E-state index is 13.1. The maximum Gasteiger partial charge on any atom is 0.417 e. The number of H-pyrrole nitrogens is 1. The number of carboxylic acid groups (broad SMARTS) is 1. The van der Waals surface area contributed by atoms with Crippen molar-refractivity contribution in [2.24, 2.45) is 10.2 Å². The van der Waals surface area contributed by atoms with E-state index >= 15 is 0 Å². The van der Waals surface area contributed by atoms with Crippen LogP contribution >= 0.6 is 11.6 Å². The van der Waals surface area contributed by atoms with Crippen LogP contribution in [0.1, 0.15) is 21.5 Å². The van der Waals surface area contributed by atoms with Crippen molar-refractivity contribution in [3.8, 4) is 5.88 Å². The van der Waals surface area contributed by atoms with E-state index in [1.54, 1.807) is 0 Å². The Kier molecular flexibility index (Phi) is 6.95. The SMILES string of the molecule is O=C(O)c1ccc(N=Nc2c(O)[nH]c3ccc(S(=O)(=O)NCc4ccc(Cl)c(C(F)(F)F)c4)cc23)cc1. The molecule has 0 saturated heterocycles. The van der Waals surface area contributed by atoms with Crippen LogP contribution < -0.4 is 4.72 Å². The first-order valence-electron chi connectivity index (χ1n) is 10.3. The number of benzene rings is 3. The molecule has 192 valence electrons. The van der Waals surface area contributed by atoms with Gasteiger partial charge in [0.15, 0.2) is 5.69 Å². The van der Waals surface area contributed by atoms with Gasteiger partial charge in [0.25, 0.3) is 0 Å². The fraction of sp³-hybridized carbons (Fsp3) is 0.0870. The second-order valence-corrected chi connectivity index (χ2v) is 9.89. The molecule has 0 atom stereocenters. The summed E-state index contributed by atoms with van der Waals surface area (Å²) in [4.78, 5) is 13.4. The van der Waals surface area contributed by atoms with E-state index in [0.29, 0.717) is 5.52 Å². The van der Waals surface area contributed by atoms with Gasteiger partial charge in [-0.1, -0.05) is 17.7 Å². The number of sulfonamides is 1. The molecule has 1 aromatic heterocycles. The van der Waals surface area contributed by atoms with Gasteiger partial charge in [0.05, 0.1) is 32.2 Å². The largest absolute Gasteiger partial charge is 0.493 e. The molecule has 9 nitrogen and oxygen atoms in total. The van der Waals surface area contributed by atoms with E-state index in [2.05, 4.69) is 19.9 Å². The van der Waals surface area contributed by atoms with Crippen LogP contribution in [0.2, 0.25) is 5.02 Å². The molecule has 0 radical (unpaired) electrons. The standard InChI is InChI=1S/C23H16ClF3N4O5S/c24-18-7-1-12(9-17(18)23(25,26)27)11-28-37(35,36)15-6-8-19-16(10-15)20(21(32)29-19)31-30-14-4-2-13(3-5-14)22(33)34/h1-10,28-29,32H,11H2,(H,33,34). The third-order valence-corrected chi connectivity index (χ3v) is 6.94. The summed E-state index contributed by atoms with van der Waals surface area (Å²) >= 11 is 5.60. The minimum absolute atomic E-state index is 0.0454. The summed E-state index contributed by atoms with van der Waals surface area (Å²) in [6, 6.07) is 12.4. The van der Waals surface area contributed by atoms with Crippen molar-refractivity contribution in [1.82, 2.24) is 9.71 Å². The number of hydrogen-bond donors (Lipinski definition) is 4. The topological polar surface area (TPSA) is 144 Å². The summed E-state index contributed by atoms with van der Waals surface area (Å²) in [6.07, 6.45) is -4.70.